The molecule has 0 bridgehead atoms. The minimum atomic E-state index is -1.15. The molecular weight excluding hydrogens is 306 g/mol. The van der Waals surface area contributed by atoms with Crippen LogP contribution in [0.25, 0.3) is 0 Å². The molecule has 0 amide bonds. The largest absolute Gasteiger partial charge is 0.496 e. The SMILES string of the molecule is CNCc1ccc(OC)c(CS(=O)c2cccc(Cl)c2)c1. The molecule has 0 aliphatic carbocycles. The molecule has 21 heavy (non-hydrogen) atoms. The normalized spacial score (nSPS) is 12.1. The number of rotatable bonds is 6. The summed E-state index contributed by atoms with van der Waals surface area (Å²) in [5.74, 6) is 1.16. The molecule has 1 unspecified atom stereocenters. The van der Waals surface area contributed by atoms with E-state index in [1.54, 1.807) is 19.2 Å². The van der Waals surface area contributed by atoms with Gasteiger partial charge in [-0.05, 0) is 42.9 Å². The Morgan fingerprint density at radius 1 is 1.24 bits per heavy atom. The Morgan fingerprint density at radius 3 is 2.71 bits per heavy atom. The summed E-state index contributed by atoms with van der Waals surface area (Å²) in [5.41, 5.74) is 2.07. The van der Waals surface area contributed by atoms with E-state index in [9.17, 15) is 4.21 Å². The van der Waals surface area contributed by atoms with Crippen molar-refractivity contribution in [2.45, 2.75) is 17.2 Å². The van der Waals surface area contributed by atoms with E-state index in [1.165, 1.54) is 0 Å². The Balaban J connectivity index is 2.25. The summed E-state index contributed by atoms with van der Waals surface area (Å²) in [6.07, 6.45) is 0. The van der Waals surface area contributed by atoms with Gasteiger partial charge >= 0.3 is 0 Å². The summed E-state index contributed by atoms with van der Waals surface area (Å²) in [4.78, 5) is 0.726. The number of halogens is 1. The van der Waals surface area contributed by atoms with Crippen LogP contribution in [0.2, 0.25) is 5.02 Å². The quantitative estimate of drug-likeness (QED) is 0.885. The highest BCUT2D eigenvalue weighted by Crippen LogP contribution is 2.24. The van der Waals surface area contributed by atoms with Crippen molar-refractivity contribution in [1.29, 1.82) is 0 Å². The van der Waals surface area contributed by atoms with Crippen LogP contribution in [0.5, 0.6) is 5.75 Å². The van der Waals surface area contributed by atoms with Crippen LogP contribution in [0.15, 0.2) is 47.4 Å². The van der Waals surface area contributed by atoms with Gasteiger partial charge in [0.1, 0.15) is 5.75 Å². The zero-order valence-electron chi connectivity index (χ0n) is 12.1. The number of nitrogens with one attached hydrogen (secondary N) is 1. The maximum atomic E-state index is 12.5. The van der Waals surface area contributed by atoms with Gasteiger partial charge in [0.05, 0.1) is 23.7 Å². The highest BCUT2D eigenvalue weighted by Gasteiger charge is 2.11. The fourth-order valence-electron chi connectivity index (χ4n) is 2.09. The van der Waals surface area contributed by atoms with Gasteiger partial charge in [-0.1, -0.05) is 23.7 Å². The third-order valence-corrected chi connectivity index (χ3v) is 4.66. The average molecular weight is 324 g/mol. The van der Waals surface area contributed by atoms with E-state index in [2.05, 4.69) is 5.32 Å². The minimum Gasteiger partial charge on any atom is -0.496 e. The molecule has 0 radical (unpaired) electrons. The lowest BCUT2D eigenvalue weighted by Gasteiger charge is -2.11. The number of methoxy groups -OCH3 is 1. The van der Waals surface area contributed by atoms with Gasteiger partial charge in [0.2, 0.25) is 0 Å². The van der Waals surface area contributed by atoms with E-state index in [0.717, 1.165) is 28.3 Å². The van der Waals surface area contributed by atoms with Crippen LogP contribution in [-0.4, -0.2) is 18.4 Å². The fourth-order valence-corrected chi connectivity index (χ4v) is 3.51. The van der Waals surface area contributed by atoms with Crippen molar-refractivity contribution < 1.29 is 8.95 Å². The number of ether oxygens (including phenoxy) is 1. The van der Waals surface area contributed by atoms with Crippen molar-refractivity contribution in [2.24, 2.45) is 0 Å². The molecule has 0 spiro atoms. The molecule has 112 valence electrons. The first-order chi connectivity index (χ1) is 10.1. The summed E-state index contributed by atoms with van der Waals surface area (Å²) in [6, 6.07) is 13.1. The summed E-state index contributed by atoms with van der Waals surface area (Å²) >= 11 is 5.95. The summed E-state index contributed by atoms with van der Waals surface area (Å²) in [7, 11) is 2.37. The van der Waals surface area contributed by atoms with Gasteiger partial charge < -0.3 is 10.1 Å². The molecule has 0 saturated heterocycles. The molecule has 0 aliphatic rings. The van der Waals surface area contributed by atoms with Crippen LogP contribution in [-0.2, 0) is 23.1 Å². The lowest BCUT2D eigenvalue weighted by molar-refractivity contribution is 0.411. The van der Waals surface area contributed by atoms with E-state index < -0.39 is 10.8 Å². The molecule has 2 aromatic rings. The average Bonchev–Trinajstić information content (AvgIpc) is 2.48. The monoisotopic (exact) mass is 323 g/mol. The molecule has 1 atom stereocenters. The van der Waals surface area contributed by atoms with Crippen molar-refractivity contribution in [3.05, 3.63) is 58.6 Å². The summed E-state index contributed by atoms with van der Waals surface area (Å²) in [6.45, 7) is 0.765. The molecule has 0 aliphatic heterocycles. The number of hydrogen-bond donors (Lipinski definition) is 1. The first-order valence-electron chi connectivity index (χ1n) is 6.58. The van der Waals surface area contributed by atoms with Crippen molar-refractivity contribution in [1.82, 2.24) is 5.32 Å². The smallest absolute Gasteiger partial charge is 0.123 e. The maximum Gasteiger partial charge on any atom is 0.123 e. The summed E-state index contributed by atoms with van der Waals surface area (Å²) < 4.78 is 17.8. The molecule has 0 heterocycles. The Kier molecular flexibility index (Phi) is 5.79. The fraction of sp³-hybridized carbons (Fsp3) is 0.250. The third kappa shape index (κ3) is 4.30. The molecule has 2 aromatic carbocycles. The molecule has 5 heteroatoms. The second kappa shape index (κ2) is 7.59. The first kappa shape index (κ1) is 16.0. The van der Waals surface area contributed by atoms with Crippen molar-refractivity contribution >= 4 is 22.4 Å². The predicted octanol–water partition coefficient (Wildman–Crippen LogP) is 3.38. The van der Waals surface area contributed by atoms with E-state index in [1.807, 2.05) is 37.4 Å². The van der Waals surface area contributed by atoms with Crippen molar-refractivity contribution in [3.63, 3.8) is 0 Å². The molecular formula is C16H18ClNO2S. The topological polar surface area (TPSA) is 38.3 Å². The van der Waals surface area contributed by atoms with Gasteiger partial charge in [-0.25, -0.2) is 0 Å². The van der Waals surface area contributed by atoms with Gasteiger partial charge in [0.25, 0.3) is 0 Å². The Morgan fingerprint density at radius 2 is 2.05 bits per heavy atom. The van der Waals surface area contributed by atoms with Crippen LogP contribution in [0.4, 0.5) is 0 Å². The van der Waals surface area contributed by atoms with E-state index in [4.69, 9.17) is 16.3 Å². The molecule has 3 nitrogen and oxygen atoms in total. The molecule has 0 fully saturated rings. The van der Waals surface area contributed by atoms with Gasteiger partial charge in [-0.3, -0.25) is 4.21 Å². The predicted molar refractivity (Wildman–Crippen MR) is 87.3 cm³/mol. The van der Waals surface area contributed by atoms with Gasteiger partial charge in [-0.15, -0.1) is 0 Å². The molecule has 1 N–H and O–H groups in total. The molecule has 0 aromatic heterocycles. The van der Waals surface area contributed by atoms with Gasteiger partial charge in [-0.2, -0.15) is 0 Å². The second-order valence-electron chi connectivity index (χ2n) is 4.62. The van der Waals surface area contributed by atoms with E-state index in [-0.39, 0.29) is 0 Å². The van der Waals surface area contributed by atoms with Crippen molar-refractivity contribution in [2.75, 3.05) is 14.2 Å². The van der Waals surface area contributed by atoms with Crippen LogP contribution < -0.4 is 10.1 Å². The summed E-state index contributed by atoms with van der Waals surface area (Å²) in [5, 5.41) is 3.70. The van der Waals surface area contributed by atoms with E-state index >= 15 is 0 Å². The minimum absolute atomic E-state index is 0.404. The highest BCUT2D eigenvalue weighted by molar-refractivity contribution is 7.84. The maximum absolute atomic E-state index is 12.5. The Hall–Kier alpha value is -1.36. The van der Waals surface area contributed by atoms with Crippen LogP contribution in [0.1, 0.15) is 11.1 Å². The lowest BCUT2D eigenvalue weighted by Crippen LogP contribution is -2.06. The zero-order chi connectivity index (χ0) is 15.2. The molecule has 0 saturated carbocycles. The third-order valence-electron chi connectivity index (χ3n) is 3.07. The standard InChI is InChI=1S/C16H18ClNO2S/c1-18-10-12-6-7-16(20-2)13(8-12)11-21(19)15-5-3-4-14(17)9-15/h3-9,18H,10-11H2,1-2H3. The van der Waals surface area contributed by atoms with Crippen LogP contribution >= 0.6 is 11.6 Å². The van der Waals surface area contributed by atoms with Crippen LogP contribution in [0.3, 0.4) is 0 Å². The Bertz CT molecular complexity index is 646. The first-order valence-corrected chi connectivity index (χ1v) is 8.28. The van der Waals surface area contributed by atoms with E-state index in [0.29, 0.717) is 10.8 Å². The number of hydrogen-bond acceptors (Lipinski definition) is 3. The molecule has 2 rings (SSSR count). The van der Waals surface area contributed by atoms with Gasteiger partial charge in [0, 0.05) is 22.0 Å². The van der Waals surface area contributed by atoms with Crippen LogP contribution in [0, 0.1) is 0 Å². The number of benzene rings is 2. The Labute approximate surface area is 132 Å². The van der Waals surface area contributed by atoms with Gasteiger partial charge in [0.15, 0.2) is 0 Å². The second-order valence-corrected chi connectivity index (χ2v) is 6.51. The van der Waals surface area contributed by atoms with Crippen molar-refractivity contribution in [3.8, 4) is 5.75 Å². The highest BCUT2D eigenvalue weighted by atomic mass is 35.5. The zero-order valence-corrected chi connectivity index (χ0v) is 13.6. The lowest BCUT2D eigenvalue weighted by atomic mass is 10.1.